The minimum atomic E-state index is 0.763. The minimum absolute atomic E-state index is 0.763. The third-order valence-electron chi connectivity index (χ3n) is 3.80. The summed E-state index contributed by atoms with van der Waals surface area (Å²) in [5, 5.41) is 3.70. The van der Waals surface area contributed by atoms with E-state index >= 15 is 0 Å². The van der Waals surface area contributed by atoms with Gasteiger partial charge < -0.3 is 5.32 Å². The van der Waals surface area contributed by atoms with Gasteiger partial charge in [0, 0.05) is 11.7 Å². The van der Waals surface area contributed by atoms with Gasteiger partial charge in [0.15, 0.2) is 0 Å². The van der Waals surface area contributed by atoms with Crippen LogP contribution in [-0.2, 0) is 6.42 Å². The predicted octanol–water partition coefficient (Wildman–Crippen LogP) is 3.21. The molecule has 1 nitrogen and oxygen atoms in total. The number of hydrogen-bond acceptors (Lipinski definition) is 1. The first-order chi connectivity index (χ1) is 6.93. The van der Waals surface area contributed by atoms with Crippen molar-refractivity contribution in [3.8, 4) is 0 Å². The van der Waals surface area contributed by atoms with Gasteiger partial charge in [0.2, 0.25) is 0 Å². The smallest absolute Gasteiger partial charge is 0.0374 e. The Balaban J connectivity index is 1.79. The normalized spacial score (nSPS) is 26.1. The number of nitrogens with one attached hydrogen (secondary N) is 1. The first-order valence-corrected chi connectivity index (χ1v) is 5.78. The van der Waals surface area contributed by atoms with Crippen molar-refractivity contribution in [3.05, 3.63) is 29.8 Å². The lowest BCUT2D eigenvalue weighted by molar-refractivity contribution is 0.263. The summed E-state index contributed by atoms with van der Waals surface area (Å²) in [6.45, 7) is 0. The van der Waals surface area contributed by atoms with Gasteiger partial charge in [-0.05, 0) is 43.2 Å². The molecule has 1 unspecified atom stereocenters. The van der Waals surface area contributed by atoms with E-state index in [9.17, 15) is 0 Å². The molecule has 74 valence electrons. The molecule has 1 saturated carbocycles. The Morgan fingerprint density at radius 2 is 1.93 bits per heavy atom. The van der Waals surface area contributed by atoms with E-state index < -0.39 is 0 Å². The number of hydrogen-bond donors (Lipinski definition) is 1. The molecule has 1 aromatic rings. The predicted molar refractivity (Wildman–Crippen MR) is 59.5 cm³/mol. The van der Waals surface area contributed by atoms with E-state index in [1.165, 1.54) is 43.4 Å². The molecule has 0 saturated heterocycles. The monoisotopic (exact) mass is 187 g/mol. The van der Waals surface area contributed by atoms with Crippen molar-refractivity contribution in [1.82, 2.24) is 0 Å². The van der Waals surface area contributed by atoms with Crippen LogP contribution in [0.3, 0.4) is 0 Å². The highest BCUT2D eigenvalue weighted by Gasteiger charge is 2.29. The van der Waals surface area contributed by atoms with Crippen molar-refractivity contribution < 1.29 is 0 Å². The van der Waals surface area contributed by atoms with E-state index in [1.54, 1.807) is 0 Å². The molecule has 1 aliphatic carbocycles. The summed E-state index contributed by atoms with van der Waals surface area (Å²) in [6, 6.07) is 9.51. The number of benzene rings is 1. The summed E-state index contributed by atoms with van der Waals surface area (Å²) < 4.78 is 0. The van der Waals surface area contributed by atoms with Crippen molar-refractivity contribution in [2.24, 2.45) is 5.92 Å². The molecule has 1 N–H and O–H groups in total. The third-order valence-corrected chi connectivity index (χ3v) is 3.80. The zero-order chi connectivity index (χ0) is 9.38. The molecule has 1 fully saturated rings. The van der Waals surface area contributed by atoms with Crippen molar-refractivity contribution in [2.45, 2.75) is 38.1 Å². The third kappa shape index (κ3) is 1.31. The molecule has 1 atom stereocenters. The van der Waals surface area contributed by atoms with Crippen LogP contribution in [0.1, 0.15) is 31.2 Å². The van der Waals surface area contributed by atoms with E-state index in [2.05, 4.69) is 29.6 Å². The molecule has 1 aromatic carbocycles. The van der Waals surface area contributed by atoms with Crippen LogP contribution in [0, 0.1) is 5.92 Å². The maximum absolute atomic E-state index is 3.70. The molecule has 0 bridgehead atoms. The second kappa shape index (κ2) is 3.30. The summed E-state index contributed by atoms with van der Waals surface area (Å²) >= 11 is 0. The Morgan fingerprint density at radius 3 is 2.71 bits per heavy atom. The van der Waals surface area contributed by atoms with E-state index in [4.69, 9.17) is 0 Å². The van der Waals surface area contributed by atoms with E-state index in [0.717, 1.165) is 12.0 Å². The molecule has 1 heteroatoms. The first-order valence-electron chi connectivity index (χ1n) is 5.78. The topological polar surface area (TPSA) is 12.0 Å². The van der Waals surface area contributed by atoms with Gasteiger partial charge in [-0.2, -0.15) is 0 Å². The van der Waals surface area contributed by atoms with Crippen LogP contribution in [-0.4, -0.2) is 6.04 Å². The molecular weight excluding hydrogens is 170 g/mol. The maximum Gasteiger partial charge on any atom is 0.0374 e. The van der Waals surface area contributed by atoms with Gasteiger partial charge in [-0.1, -0.05) is 24.6 Å². The quantitative estimate of drug-likeness (QED) is 0.712. The van der Waals surface area contributed by atoms with Crippen molar-refractivity contribution in [1.29, 1.82) is 0 Å². The molecule has 0 radical (unpaired) electrons. The molecule has 0 amide bonds. The number of aryl methyl sites for hydroxylation is 1. The average Bonchev–Trinajstić information content (AvgIpc) is 2.15. The molecular formula is C13H17N. The van der Waals surface area contributed by atoms with E-state index in [-0.39, 0.29) is 0 Å². The van der Waals surface area contributed by atoms with Gasteiger partial charge in [-0.3, -0.25) is 0 Å². The summed E-state index contributed by atoms with van der Waals surface area (Å²) in [6.07, 6.45) is 6.94. The largest absolute Gasteiger partial charge is 0.382 e. The van der Waals surface area contributed by atoms with Gasteiger partial charge in [0.25, 0.3) is 0 Å². The number of anilines is 1. The zero-order valence-electron chi connectivity index (χ0n) is 8.50. The van der Waals surface area contributed by atoms with Gasteiger partial charge in [0.05, 0.1) is 0 Å². The summed E-state index contributed by atoms with van der Waals surface area (Å²) in [7, 11) is 0. The van der Waals surface area contributed by atoms with Crippen LogP contribution < -0.4 is 5.32 Å². The second-order valence-electron chi connectivity index (χ2n) is 4.64. The van der Waals surface area contributed by atoms with Crippen molar-refractivity contribution >= 4 is 5.69 Å². The first kappa shape index (κ1) is 8.34. The van der Waals surface area contributed by atoms with Crippen molar-refractivity contribution in [2.75, 3.05) is 5.32 Å². The van der Waals surface area contributed by atoms with Crippen LogP contribution in [0.15, 0.2) is 24.3 Å². The number of fused-ring (bicyclic) bond motifs is 1. The lowest BCUT2D eigenvalue weighted by Crippen LogP contribution is -2.36. The Hall–Kier alpha value is -0.980. The molecule has 1 aliphatic heterocycles. The Labute approximate surface area is 85.5 Å². The van der Waals surface area contributed by atoms with Crippen molar-refractivity contribution in [3.63, 3.8) is 0 Å². The van der Waals surface area contributed by atoms with E-state index in [0.29, 0.717) is 0 Å². The van der Waals surface area contributed by atoms with Gasteiger partial charge in [-0.25, -0.2) is 0 Å². The average molecular weight is 187 g/mol. The standard InChI is InChI=1S/C13H17N/c1-2-7-12-11(4-1)8-9-13(14-12)10-5-3-6-10/h1-2,4,7,10,13-14H,3,5-6,8-9H2. The Morgan fingerprint density at radius 1 is 1.07 bits per heavy atom. The van der Waals surface area contributed by atoms with Crippen LogP contribution in [0.5, 0.6) is 0 Å². The molecule has 3 rings (SSSR count). The SMILES string of the molecule is c1ccc2c(c1)CCC(C1CCC1)N2. The fourth-order valence-corrected chi connectivity index (χ4v) is 2.66. The molecule has 0 spiro atoms. The minimum Gasteiger partial charge on any atom is -0.382 e. The fraction of sp³-hybridized carbons (Fsp3) is 0.538. The van der Waals surface area contributed by atoms with Gasteiger partial charge in [-0.15, -0.1) is 0 Å². The Kier molecular flexibility index (Phi) is 1.97. The highest BCUT2D eigenvalue weighted by Crippen LogP contribution is 2.36. The molecule has 14 heavy (non-hydrogen) atoms. The van der Waals surface area contributed by atoms with Crippen LogP contribution in [0.4, 0.5) is 5.69 Å². The lowest BCUT2D eigenvalue weighted by atomic mass is 9.76. The van der Waals surface area contributed by atoms with E-state index in [1.807, 2.05) is 0 Å². The Bertz CT molecular complexity index is 328. The van der Waals surface area contributed by atoms with Crippen LogP contribution >= 0.6 is 0 Å². The highest BCUT2D eigenvalue weighted by atomic mass is 14.9. The number of para-hydroxylation sites is 1. The molecule has 0 aromatic heterocycles. The number of rotatable bonds is 1. The second-order valence-corrected chi connectivity index (χ2v) is 4.64. The zero-order valence-corrected chi connectivity index (χ0v) is 8.50. The van der Waals surface area contributed by atoms with Crippen LogP contribution in [0.25, 0.3) is 0 Å². The fourth-order valence-electron chi connectivity index (χ4n) is 2.66. The van der Waals surface area contributed by atoms with Gasteiger partial charge >= 0.3 is 0 Å². The summed E-state index contributed by atoms with van der Waals surface area (Å²) in [4.78, 5) is 0. The summed E-state index contributed by atoms with van der Waals surface area (Å²) in [5.41, 5.74) is 2.89. The van der Waals surface area contributed by atoms with Gasteiger partial charge in [0.1, 0.15) is 0 Å². The maximum atomic E-state index is 3.70. The molecule has 1 heterocycles. The highest BCUT2D eigenvalue weighted by molar-refractivity contribution is 5.53. The van der Waals surface area contributed by atoms with Crippen LogP contribution in [0.2, 0.25) is 0 Å². The summed E-state index contributed by atoms with van der Waals surface area (Å²) in [5.74, 6) is 0.961. The lowest BCUT2D eigenvalue weighted by Gasteiger charge is -2.38. The molecule has 2 aliphatic rings.